The fourth-order valence-corrected chi connectivity index (χ4v) is 1.65. The van der Waals surface area contributed by atoms with Gasteiger partial charge in [0.25, 0.3) is 0 Å². The van der Waals surface area contributed by atoms with Crippen LogP contribution < -0.4 is 4.74 Å². The molecule has 0 saturated heterocycles. The van der Waals surface area contributed by atoms with E-state index in [9.17, 15) is 4.79 Å². The number of rotatable bonds is 2. The van der Waals surface area contributed by atoms with E-state index in [0.29, 0.717) is 11.3 Å². The molecule has 0 saturated carbocycles. The van der Waals surface area contributed by atoms with Crippen LogP contribution in [0.15, 0.2) is 59.1 Å². The number of benzene rings is 2. The van der Waals surface area contributed by atoms with Gasteiger partial charge in [-0.3, -0.25) is 0 Å². The maximum atomic E-state index is 11.7. The first-order valence-corrected chi connectivity index (χ1v) is 5.58. The minimum Gasteiger partial charge on any atom is -0.423 e. The van der Waals surface area contributed by atoms with Crippen LogP contribution in [-0.2, 0) is 0 Å². The third-order valence-corrected chi connectivity index (χ3v) is 2.51. The van der Waals surface area contributed by atoms with Crippen molar-refractivity contribution in [3.63, 3.8) is 0 Å². The van der Waals surface area contributed by atoms with Crippen molar-refractivity contribution in [2.75, 3.05) is 0 Å². The van der Waals surface area contributed by atoms with Crippen molar-refractivity contribution >= 4 is 21.9 Å². The first kappa shape index (κ1) is 10.9. The van der Waals surface area contributed by atoms with Crippen LogP contribution in [0.2, 0.25) is 0 Å². The molecule has 2 aromatic rings. The van der Waals surface area contributed by atoms with E-state index in [-0.39, 0.29) is 5.97 Å². The molecule has 0 bridgehead atoms. The fourth-order valence-electron chi connectivity index (χ4n) is 1.27. The second kappa shape index (κ2) is 4.94. The van der Waals surface area contributed by atoms with E-state index in [2.05, 4.69) is 15.9 Å². The molecule has 0 heterocycles. The van der Waals surface area contributed by atoms with Gasteiger partial charge < -0.3 is 4.74 Å². The second-order valence-corrected chi connectivity index (χ2v) is 4.13. The predicted octanol–water partition coefficient (Wildman–Crippen LogP) is 3.67. The Morgan fingerprint density at radius 1 is 1.00 bits per heavy atom. The van der Waals surface area contributed by atoms with Crippen LogP contribution in [0.25, 0.3) is 0 Å². The van der Waals surface area contributed by atoms with Crippen molar-refractivity contribution in [2.24, 2.45) is 0 Å². The first-order chi connectivity index (χ1) is 7.75. The van der Waals surface area contributed by atoms with Crippen LogP contribution in [-0.4, -0.2) is 5.97 Å². The van der Waals surface area contributed by atoms with Crippen molar-refractivity contribution in [3.8, 4) is 5.75 Å². The van der Waals surface area contributed by atoms with Crippen LogP contribution in [0, 0.1) is 0 Å². The van der Waals surface area contributed by atoms with Crippen molar-refractivity contribution in [1.82, 2.24) is 0 Å². The average molecular weight is 277 g/mol. The highest BCUT2D eigenvalue weighted by Crippen LogP contribution is 2.18. The van der Waals surface area contributed by atoms with Gasteiger partial charge in [0.15, 0.2) is 0 Å². The van der Waals surface area contributed by atoms with Gasteiger partial charge in [-0.15, -0.1) is 0 Å². The van der Waals surface area contributed by atoms with Crippen LogP contribution in [0.1, 0.15) is 10.4 Å². The molecule has 80 valence electrons. The van der Waals surface area contributed by atoms with E-state index >= 15 is 0 Å². The number of carbonyl (C=O) groups excluding carboxylic acids is 1. The van der Waals surface area contributed by atoms with Gasteiger partial charge >= 0.3 is 5.97 Å². The zero-order chi connectivity index (χ0) is 11.4. The SMILES string of the molecule is O=C(Oc1cccc(Br)c1)c1ccccc1. The molecule has 0 aliphatic carbocycles. The van der Waals surface area contributed by atoms with E-state index in [1.807, 2.05) is 18.2 Å². The lowest BCUT2D eigenvalue weighted by Gasteiger charge is -2.04. The summed E-state index contributed by atoms with van der Waals surface area (Å²) in [6, 6.07) is 16.1. The van der Waals surface area contributed by atoms with E-state index in [1.54, 1.807) is 36.4 Å². The Morgan fingerprint density at radius 2 is 1.75 bits per heavy atom. The zero-order valence-corrected chi connectivity index (χ0v) is 9.98. The van der Waals surface area contributed by atoms with E-state index in [4.69, 9.17) is 4.74 Å². The summed E-state index contributed by atoms with van der Waals surface area (Å²) in [5.41, 5.74) is 0.544. The summed E-state index contributed by atoms with van der Waals surface area (Å²) in [5, 5.41) is 0. The number of hydrogen-bond acceptors (Lipinski definition) is 2. The standard InChI is InChI=1S/C13H9BrO2/c14-11-7-4-8-12(9-11)16-13(15)10-5-2-1-3-6-10/h1-9H. The summed E-state index contributed by atoms with van der Waals surface area (Å²) in [7, 11) is 0. The number of halogens is 1. The van der Waals surface area contributed by atoms with Gasteiger partial charge in [-0.1, -0.05) is 40.2 Å². The lowest BCUT2D eigenvalue weighted by molar-refractivity contribution is 0.0734. The Bertz CT molecular complexity index is 494. The van der Waals surface area contributed by atoms with Gasteiger partial charge in [0, 0.05) is 4.47 Å². The van der Waals surface area contributed by atoms with Crippen LogP contribution in [0.5, 0.6) is 5.75 Å². The van der Waals surface area contributed by atoms with Crippen LogP contribution in [0.3, 0.4) is 0 Å². The van der Waals surface area contributed by atoms with Crippen molar-refractivity contribution in [1.29, 1.82) is 0 Å². The highest BCUT2D eigenvalue weighted by atomic mass is 79.9. The fraction of sp³-hybridized carbons (Fsp3) is 0. The van der Waals surface area contributed by atoms with Gasteiger partial charge in [-0.25, -0.2) is 4.79 Å². The van der Waals surface area contributed by atoms with Crippen LogP contribution >= 0.6 is 15.9 Å². The molecule has 0 amide bonds. The Balaban J connectivity index is 2.14. The Morgan fingerprint density at radius 3 is 2.44 bits per heavy atom. The molecular formula is C13H9BrO2. The minimum atomic E-state index is -0.348. The number of hydrogen-bond donors (Lipinski definition) is 0. The zero-order valence-electron chi connectivity index (χ0n) is 8.39. The molecule has 0 radical (unpaired) electrons. The maximum Gasteiger partial charge on any atom is 0.343 e. The average Bonchev–Trinajstić information content (AvgIpc) is 2.30. The molecule has 0 aromatic heterocycles. The highest BCUT2D eigenvalue weighted by molar-refractivity contribution is 9.10. The van der Waals surface area contributed by atoms with Crippen molar-refractivity contribution in [3.05, 3.63) is 64.6 Å². The number of carbonyl (C=O) groups is 1. The molecule has 0 aliphatic heterocycles. The molecular weight excluding hydrogens is 268 g/mol. The van der Waals surface area contributed by atoms with E-state index in [0.717, 1.165) is 4.47 Å². The monoisotopic (exact) mass is 276 g/mol. The quantitative estimate of drug-likeness (QED) is 0.618. The van der Waals surface area contributed by atoms with Gasteiger partial charge in [0.2, 0.25) is 0 Å². The van der Waals surface area contributed by atoms with Gasteiger partial charge in [-0.05, 0) is 30.3 Å². The highest BCUT2D eigenvalue weighted by Gasteiger charge is 2.07. The molecule has 16 heavy (non-hydrogen) atoms. The number of ether oxygens (including phenoxy) is 1. The molecule has 2 aromatic carbocycles. The topological polar surface area (TPSA) is 26.3 Å². The predicted molar refractivity (Wildman–Crippen MR) is 65.5 cm³/mol. The molecule has 0 unspecified atom stereocenters. The van der Waals surface area contributed by atoms with Gasteiger partial charge in [0.1, 0.15) is 5.75 Å². The summed E-state index contributed by atoms with van der Waals surface area (Å²) >= 11 is 3.32. The van der Waals surface area contributed by atoms with E-state index in [1.165, 1.54) is 0 Å². The summed E-state index contributed by atoms with van der Waals surface area (Å²) < 4.78 is 6.09. The second-order valence-electron chi connectivity index (χ2n) is 3.21. The molecule has 3 heteroatoms. The summed E-state index contributed by atoms with van der Waals surface area (Å²) in [6.45, 7) is 0. The molecule has 0 fully saturated rings. The first-order valence-electron chi connectivity index (χ1n) is 4.78. The smallest absolute Gasteiger partial charge is 0.343 e. The van der Waals surface area contributed by atoms with E-state index < -0.39 is 0 Å². The Labute approximate surface area is 102 Å². The molecule has 2 nitrogen and oxygen atoms in total. The van der Waals surface area contributed by atoms with Crippen molar-refractivity contribution < 1.29 is 9.53 Å². The largest absolute Gasteiger partial charge is 0.423 e. The third kappa shape index (κ3) is 2.70. The Hall–Kier alpha value is -1.61. The third-order valence-electron chi connectivity index (χ3n) is 2.02. The summed E-state index contributed by atoms with van der Waals surface area (Å²) in [5.74, 6) is 0.182. The minimum absolute atomic E-state index is 0.348. The summed E-state index contributed by atoms with van der Waals surface area (Å²) in [6.07, 6.45) is 0. The lowest BCUT2D eigenvalue weighted by Crippen LogP contribution is -2.07. The maximum absolute atomic E-state index is 11.7. The van der Waals surface area contributed by atoms with Gasteiger partial charge in [0.05, 0.1) is 5.56 Å². The lowest BCUT2D eigenvalue weighted by atomic mass is 10.2. The molecule has 0 aliphatic rings. The molecule has 2 rings (SSSR count). The number of esters is 1. The van der Waals surface area contributed by atoms with Crippen molar-refractivity contribution in [2.45, 2.75) is 0 Å². The normalized spacial score (nSPS) is 9.81. The van der Waals surface area contributed by atoms with Crippen LogP contribution in [0.4, 0.5) is 0 Å². The molecule has 0 spiro atoms. The summed E-state index contributed by atoms with van der Waals surface area (Å²) in [4.78, 5) is 11.7. The molecule has 0 N–H and O–H groups in total. The van der Waals surface area contributed by atoms with Gasteiger partial charge in [-0.2, -0.15) is 0 Å². The Kier molecular flexibility index (Phi) is 3.37. The molecule has 0 atom stereocenters.